The van der Waals surface area contributed by atoms with Crippen molar-refractivity contribution >= 4 is 22.2 Å². The summed E-state index contributed by atoms with van der Waals surface area (Å²) in [7, 11) is 0. The predicted molar refractivity (Wildman–Crippen MR) is 109 cm³/mol. The maximum atomic E-state index is 4.95. The Morgan fingerprint density at radius 2 is 2.04 bits per heavy atom. The molecule has 0 aliphatic carbocycles. The molecule has 1 aliphatic rings. The average molecular weight is 376 g/mol. The Morgan fingerprint density at radius 3 is 2.93 bits per heavy atom. The summed E-state index contributed by atoms with van der Waals surface area (Å²) in [5, 5.41) is 12.7. The zero-order chi connectivity index (χ0) is 18.2. The van der Waals surface area contributed by atoms with E-state index in [1.807, 2.05) is 13.0 Å². The summed E-state index contributed by atoms with van der Waals surface area (Å²) in [5.74, 6) is 0. The molecule has 0 bridgehead atoms. The molecule has 0 saturated carbocycles. The second kappa shape index (κ2) is 6.87. The molecule has 27 heavy (non-hydrogen) atoms. The van der Waals surface area contributed by atoms with Gasteiger partial charge in [-0.05, 0) is 31.9 Å². The van der Waals surface area contributed by atoms with Crippen molar-refractivity contribution in [3.05, 3.63) is 70.1 Å². The molecule has 0 unspecified atom stereocenters. The molecule has 4 aromatic rings. The van der Waals surface area contributed by atoms with Crippen LogP contribution in [0.25, 0.3) is 16.0 Å². The summed E-state index contributed by atoms with van der Waals surface area (Å²) < 4.78 is 2.07. The van der Waals surface area contributed by atoms with Gasteiger partial charge < -0.3 is 5.32 Å². The molecule has 0 amide bonds. The maximum Gasteiger partial charge on any atom is 0.210 e. The van der Waals surface area contributed by atoms with E-state index in [0.29, 0.717) is 0 Å². The van der Waals surface area contributed by atoms with Gasteiger partial charge in [0, 0.05) is 41.5 Å². The van der Waals surface area contributed by atoms with Gasteiger partial charge in [0.05, 0.1) is 22.6 Å². The summed E-state index contributed by atoms with van der Waals surface area (Å²) in [6.45, 7) is 3.92. The SMILES string of the molecule is Cc1csc(-n2nc(CCc3ccc4ccccc4n3)c3c2CCNC3)n1. The summed E-state index contributed by atoms with van der Waals surface area (Å²) in [6, 6.07) is 12.6. The zero-order valence-electron chi connectivity index (χ0n) is 15.3. The van der Waals surface area contributed by atoms with Crippen molar-refractivity contribution in [1.82, 2.24) is 25.1 Å². The van der Waals surface area contributed by atoms with E-state index in [9.17, 15) is 0 Å². The monoisotopic (exact) mass is 375 g/mol. The molecule has 0 saturated heterocycles. The number of para-hydroxylation sites is 1. The number of aromatic nitrogens is 4. The Bertz CT molecular complexity index is 1110. The number of rotatable bonds is 4. The van der Waals surface area contributed by atoms with Crippen molar-refractivity contribution in [3.8, 4) is 5.13 Å². The van der Waals surface area contributed by atoms with Crippen LogP contribution >= 0.6 is 11.3 Å². The van der Waals surface area contributed by atoms with Crippen molar-refractivity contribution in [1.29, 1.82) is 0 Å². The molecule has 5 rings (SSSR count). The molecular formula is C21H21N5S. The molecule has 1 N–H and O–H groups in total. The number of thiazole rings is 1. The lowest BCUT2D eigenvalue weighted by atomic mass is 10.0. The highest BCUT2D eigenvalue weighted by molar-refractivity contribution is 7.12. The lowest BCUT2D eigenvalue weighted by molar-refractivity contribution is 0.621. The molecule has 5 nitrogen and oxygen atoms in total. The number of pyridine rings is 1. The lowest BCUT2D eigenvalue weighted by Gasteiger charge is -2.14. The average Bonchev–Trinajstić information content (AvgIpc) is 3.30. The van der Waals surface area contributed by atoms with Gasteiger partial charge in [-0.25, -0.2) is 9.67 Å². The van der Waals surface area contributed by atoms with E-state index in [1.54, 1.807) is 11.3 Å². The molecule has 0 spiro atoms. The van der Waals surface area contributed by atoms with Gasteiger partial charge in [0.25, 0.3) is 0 Å². The van der Waals surface area contributed by atoms with Crippen LogP contribution in [-0.2, 0) is 25.8 Å². The molecule has 0 atom stereocenters. The summed E-state index contributed by atoms with van der Waals surface area (Å²) in [6.07, 6.45) is 2.78. The van der Waals surface area contributed by atoms with Gasteiger partial charge in [0.1, 0.15) is 0 Å². The van der Waals surface area contributed by atoms with Crippen LogP contribution < -0.4 is 5.32 Å². The maximum absolute atomic E-state index is 4.95. The Morgan fingerprint density at radius 1 is 1.11 bits per heavy atom. The fourth-order valence-electron chi connectivity index (χ4n) is 3.71. The van der Waals surface area contributed by atoms with Crippen LogP contribution in [0.3, 0.4) is 0 Å². The van der Waals surface area contributed by atoms with Gasteiger partial charge in [0.2, 0.25) is 5.13 Å². The van der Waals surface area contributed by atoms with Gasteiger partial charge in [-0.15, -0.1) is 11.3 Å². The molecular weight excluding hydrogens is 354 g/mol. The smallest absolute Gasteiger partial charge is 0.210 e. The van der Waals surface area contributed by atoms with Gasteiger partial charge in [-0.2, -0.15) is 5.10 Å². The minimum Gasteiger partial charge on any atom is -0.312 e. The molecule has 1 aliphatic heterocycles. The van der Waals surface area contributed by atoms with Crippen molar-refractivity contribution < 1.29 is 0 Å². The van der Waals surface area contributed by atoms with E-state index in [1.165, 1.54) is 22.3 Å². The lowest BCUT2D eigenvalue weighted by Crippen LogP contribution is -2.25. The Labute approximate surface area is 162 Å². The number of hydrogen-bond donors (Lipinski definition) is 1. The van der Waals surface area contributed by atoms with Gasteiger partial charge >= 0.3 is 0 Å². The molecule has 0 radical (unpaired) electrons. The number of aryl methyl sites for hydroxylation is 3. The van der Waals surface area contributed by atoms with E-state index in [0.717, 1.165) is 54.4 Å². The first-order valence-electron chi connectivity index (χ1n) is 9.35. The first-order chi connectivity index (χ1) is 13.3. The Hall–Kier alpha value is -2.57. The Kier molecular flexibility index (Phi) is 4.22. The quantitative estimate of drug-likeness (QED) is 0.592. The minimum atomic E-state index is 0.889. The predicted octanol–water partition coefficient (Wildman–Crippen LogP) is 3.62. The minimum absolute atomic E-state index is 0.889. The number of fused-ring (bicyclic) bond motifs is 2. The number of hydrogen-bond acceptors (Lipinski definition) is 5. The first-order valence-corrected chi connectivity index (χ1v) is 10.2. The third-order valence-electron chi connectivity index (χ3n) is 5.08. The highest BCUT2D eigenvalue weighted by Gasteiger charge is 2.22. The van der Waals surface area contributed by atoms with E-state index in [2.05, 4.69) is 50.7 Å². The van der Waals surface area contributed by atoms with E-state index >= 15 is 0 Å². The van der Waals surface area contributed by atoms with Crippen LogP contribution in [-0.4, -0.2) is 26.3 Å². The van der Waals surface area contributed by atoms with Gasteiger partial charge in [-0.1, -0.05) is 24.3 Å². The van der Waals surface area contributed by atoms with E-state index < -0.39 is 0 Å². The summed E-state index contributed by atoms with van der Waals surface area (Å²) >= 11 is 1.66. The van der Waals surface area contributed by atoms with Crippen molar-refractivity contribution in [2.24, 2.45) is 0 Å². The normalized spacial score (nSPS) is 13.8. The highest BCUT2D eigenvalue weighted by Crippen LogP contribution is 2.25. The standard InChI is InChI=1S/C21H21N5S/c1-14-13-27-21(23-14)26-20-10-11-22-12-17(20)19(25-26)9-8-16-7-6-15-4-2-3-5-18(15)24-16/h2-7,13,22H,8-12H2,1H3. The molecule has 4 heterocycles. The van der Waals surface area contributed by atoms with Crippen LogP contribution in [0.4, 0.5) is 0 Å². The summed E-state index contributed by atoms with van der Waals surface area (Å²) in [4.78, 5) is 9.45. The third-order valence-corrected chi connectivity index (χ3v) is 6.01. The van der Waals surface area contributed by atoms with Crippen LogP contribution in [0.5, 0.6) is 0 Å². The third kappa shape index (κ3) is 3.15. The zero-order valence-corrected chi connectivity index (χ0v) is 16.1. The molecule has 3 aromatic heterocycles. The number of nitrogens with one attached hydrogen (secondary N) is 1. The van der Waals surface area contributed by atoms with Crippen molar-refractivity contribution in [3.63, 3.8) is 0 Å². The molecule has 1 aromatic carbocycles. The topological polar surface area (TPSA) is 55.6 Å². The largest absolute Gasteiger partial charge is 0.312 e. The van der Waals surface area contributed by atoms with Crippen LogP contribution in [0.1, 0.15) is 28.3 Å². The molecule has 136 valence electrons. The van der Waals surface area contributed by atoms with Crippen molar-refractivity contribution in [2.75, 3.05) is 6.54 Å². The summed E-state index contributed by atoms with van der Waals surface area (Å²) in [5.41, 5.74) is 7.04. The van der Waals surface area contributed by atoms with Crippen LogP contribution in [0, 0.1) is 6.92 Å². The second-order valence-corrected chi connectivity index (χ2v) is 7.81. The fraction of sp³-hybridized carbons (Fsp3) is 0.286. The number of benzene rings is 1. The van der Waals surface area contributed by atoms with Gasteiger partial charge in [0.15, 0.2) is 0 Å². The van der Waals surface area contributed by atoms with E-state index in [4.69, 9.17) is 10.1 Å². The van der Waals surface area contributed by atoms with E-state index in [-0.39, 0.29) is 0 Å². The second-order valence-electron chi connectivity index (χ2n) is 6.98. The molecule has 0 fully saturated rings. The first kappa shape index (κ1) is 16.6. The number of nitrogens with zero attached hydrogens (tertiary/aromatic N) is 4. The fourth-order valence-corrected chi connectivity index (χ4v) is 4.48. The van der Waals surface area contributed by atoms with Crippen LogP contribution in [0.15, 0.2) is 41.8 Å². The van der Waals surface area contributed by atoms with Crippen molar-refractivity contribution in [2.45, 2.75) is 32.7 Å². The van der Waals surface area contributed by atoms with Gasteiger partial charge in [-0.3, -0.25) is 4.98 Å². The highest BCUT2D eigenvalue weighted by atomic mass is 32.1. The Balaban J connectivity index is 1.45. The van der Waals surface area contributed by atoms with Crippen LogP contribution in [0.2, 0.25) is 0 Å². The molecule has 6 heteroatoms.